The van der Waals surface area contributed by atoms with Crippen molar-refractivity contribution in [2.75, 3.05) is 36.9 Å². The summed E-state index contributed by atoms with van der Waals surface area (Å²) in [5.41, 5.74) is 7.82. The Morgan fingerprint density at radius 2 is 1.82 bits per heavy atom. The molecule has 0 unspecified atom stereocenters. The zero-order valence-corrected chi connectivity index (χ0v) is 10.6. The van der Waals surface area contributed by atoms with Crippen LogP contribution in [0.15, 0.2) is 24.3 Å². The number of nitrogens with zero attached hydrogens (tertiary/aromatic N) is 1. The Hall–Kier alpha value is -1.07. The largest absolute Gasteiger partial charge is 0.399 e. The van der Waals surface area contributed by atoms with Gasteiger partial charge in [-0.05, 0) is 18.1 Å². The van der Waals surface area contributed by atoms with Crippen molar-refractivity contribution < 1.29 is 8.42 Å². The highest BCUT2D eigenvalue weighted by Gasteiger charge is 2.21. The summed E-state index contributed by atoms with van der Waals surface area (Å²) >= 11 is 0. The maximum absolute atomic E-state index is 11.3. The molecule has 17 heavy (non-hydrogen) atoms. The molecule has 0 amide bonds. The lowest BCUT2D eigenvalue weighted by Crippen LogP contribution is -2.41. The minimum atomic E-state index is -2.77. The number of hydrogen-bond donors (Lipinski definition) is 1. The summed E-state index contributed by atoms with van der Waals surface area (Å²) in [6, 6.07) is 7.82. The van der Waals surface area contributed by atoms with E-state index >= 15 is 0 Å². The van der Waals surface area contributed by atoms with Gasteiger partial charge in [-0.3, -0.25) is 0 Å². The van der Waals surface area contributed by atoms with E-state index in [1.165, 1.54) is 0 Å². The van der Waals surface area contributed by atoms with Gasteiger partial charge in [-0.2, -0.15) is 0 Å². The Kier molecular flexibility index (Phi) is 3.69. The predicted octanol–water partition coefficient (Wildman–Crippen LogP) is 0.542. The van der Waals surface area contributed by atoms with Gasteiger partial charge in [-0.15, -0.1) is 0 Å². The molecule has 1 aliphatic heterocycles. The van der Waals surface area contributed by atoms with Gasteiger partial charge in [0.15, 0.2) is 9.84 Å². The number of para-hydroxylation sites is 1. The fourth-order valence-electron chi connectivity index (χ4n) is 2.01. The van der Waals surface area contributed by atoms with Gasteiger partial charge in [0, 0.05) is 25.3 Å². The molecule has 0 aromatic heterocycles. The highest BCUT2D eigenvalue weighted by molar-refractivity contribution is 7.91. The normalized spacial score (nSPS) is 20.2. The van der Waals surface area contributed by atoms with E-state index in [1.807, 2.05) is 24.3 Å². The Morgan fingerprint density at radius 3 is 2.47 bits per heavy atom. The van der Waals surface area contributed by atoms with Crippen molar-refractivity contribution in [3.8, 4) is 0 Å². The third-order valence-corrected chi connectivity index (χ3v) is 4.80. The van der Waals surface area contributed by atoms with E-state index in [4.69, 9.17) is 5.73 Å². The van der Waals surface area contributed by atoms with Crippen LogP contribution in [0.1, 0.15) is 5.56 Å². The maximum Gasteiger partial charge on any atom is 0.152 e. The molecule has 0 bridgehead atoms. The molecule has 0 saturated carbocycles. The van der Waals surface area contributed by atoms with Gasteiger partial charge >= 0.3 is 0 Å². The molecule has 2 rings (SSSR count). The third-order valence-electron chi connectivity index (χ3n) is 3.19. The average Bonchev–Trinajstić information content (AvgIpc) is 2.30. The third kappa shape index (κ3) is 3.44. The first-order chi connectivity index (χ1) is 8.07. The number of nitrogens with two attached hydrogens (primary N) is 1. The lowest BCUT2D eigenvalue weighted by molar-refractivity contribution is 0.299. The predicted molar refractivity (Wildman–Crippen MR) is 69.7 cm³/mol. The molecular weight excluding hydrogens is 236 g/mol. The second-order valence-corrected chi connectivity index (χ2v) is 6.75. The van der Waals surface area contributed by atoms with Crippen molar-refractivity contribution in [3.05, 3.63) is 29.8 Å². The van der Waals surface area contributed by atoms with Crippen molar-refractivity contribution in [3.63, 3.8) is 0 Å². The van der Waals surface area contributed by atoms with Crippen molar-refractivity contribution in [2.45, 2.75) is 6.42 Å². The molecule has 1 aliphatic rings. The highest BCUT2D eigenvalue weighted by Crippen LogP contribution is 2.12. The van der Waals surface area contributed by atoms with Gasteiger partial charge in [-0.25, -0.2) is 8.42 Å². The van der Waals surface area contributed by atoms with Crippen LogP contribution in [0.4, 0.5) is 5.69 Å². The van der Waals surface area contributed by atoms with Gasteiger partial charge in [0.2, 0.25) is 0 Å². The summed E-state index contributed by atoms with van der Waals surface area (Å²) in [5.74, 6) is 0.578. The minimum absolute atomic E-state index is 0.289. The van der Waals surface area contributed by atoms with Crippen molar-refractivity contribution in [1.29, 1.82) is 0 Å². The monoisotopic (exact) mass is 254 g/mol. The van der Waals surface area contributed by atoms with Crippen LogP contribution in [0, 0.1) is 0 Å². The molecule has 1 heterocycles. The Morgan fingerprint density at radius 1 is 1.18 bits per heavy atom. The molecular formula is C12H18N2O2S. The number of rotatable bonds is 3. The molecule has 1 fully saturated rings. The number of benzene rings is 1. The molecule has 0 radical (unpaired) electrons. The summed E-state index contributed by atoms with van der Waals surface area (Å²) in [5, 5.41) is 0. The summed E-state index contributed by atoms with van der Waals surface area (Å²) in [4.78, 5) is 2.19. The molecule has 0 aliphatic carbocycles. The number of nitrogen functional groups attached to an aromatic ring is 1. The van der Waals surface area contributed by atoms with Gasteiger partial charge < -0.3 is 10.6 Å². The first kappa shape index (κ1) is 12.4. The molecule has 0 spiro atoms. The van der Waals surface area contributed by atoms with Crippen molar-refractivity contribution >= 4 is 15.5 Å². The van der Waals surface area contributed by atoms with E-state index in [0.717, 1.165) is 24.2 Å². The topological polar surface area (TPSA) is 63.4 Å². The first-order valence-corrected chi connectivity index (χ1v) is 7.65. The Balaban J connectivity index is 1.86. The van der Waals surface area contributed by atoms with Crippen LogP contribution in [0.25, 0.3) is 0 Å². The lowest BCUT2D eigenvalue weighted by atomic mass is 10.1. The van der Waals surface area contributed by atoms with E-state index in [0.29, 0.717) is 13.1 Å². The number of anilines is 1. The number of hydrogen-bond acceptors (Lipinski definition) is 4. The standard InChI is InChI=1S/C12H18N2O2S/c13-12-4-2-1-3-11(12)5-6-14-7-9-17(15,16)10-8-14/h1-4H,5-10,13H2. The summed E-state index contributed by atoms with van der Waals surface area (Å²) in [7, 11) is -2.77. The van der Waals surface area contributed by atoms with Gasteiger partial charge in [0.1, 0.15) is 0 Å². The lowest BCUT2D eigenvalue weighted by Gasteiger charge is -2.26. The zero-order chi connectivity index (χ0) is 12.3. The van der Waals surface area contributed by atoms with Crippen LogP contribution in [0.5, 0.6) is 0 Å². The van der Waals surface area contributed by atoms with E-state index in [2.05, 4.69) is 4.90 Å². The molecule has 1 aromatic rings. The molecule has 2 N–H and O–H groups in total. The van der Waals surface area contributed by atoms with Crippen LogP contribution in [-0.2, 0) is 16.3 Å². The van der Waals surface area contributed by atoms with Crippen LogP contribution in [-0.4, -0.2) is 44.5 Å². The second-order valence-electron chi connectivity index (χ2n) is 4.44. The van der Waals surface area contributed by atoms with Crippen molar-refractivity contribution in [2.24, 2.45) is 0 Å². The maximum atomic E-state index is 11.3. The molecule has 94 valence electrons. The van der Waals surface area contributed by atoms with E-state index in [9.17, 15) is 8.42 Å². The van der Waals surface area contributed by atoms with E-state index in [-0.39, 0.29) is 11.5 Å². The van der Waals surface area contributed by atoms with Gasteiger partial charge in [0.25, 0.3) is 0 Å². The van der Waals surface area contributed by atoms with Gasteiger partial charge in [-0.1, -0.05) is 18.2 Å². The summed E-state index contributed by atoms with van der Waals surface area (Å²) in [6.45, 7) is 2.17. The smallest absolute Gasteiger partial charge is 0.152 e. The minimum Gasteiger partial charge on any atom is -0.399 e. The van der Waals surface area contributed by atoms with Crippen LogP contribution < -0.4 is 5.73 Å². The van der Waals surface area contributed by atoms with Crippen LogP contribution >= 0.6 is 0 Å². The SMILES string of the molecule is Nc1ccccc1CCN1CCS(=O)(=O)CC1. The fourth-order valence-corrected chi connectivity index (χ4v) is 3.29. The Labute approximate surface area is 102 Å². The molecule has 0 atom stereocenters. The van der Waals surface area contributed by atoms with Crippen LogP contribution in [0.2, 0.25) is 0 Å². The summed E-state index contributed by atoms with van der Waals surface area (Å²) in [6.07, 6.45) is 0.882. The molecule has 1 aromatic carbocycles. The highest BCUT2D eigenvalue weighted by atomic mass is 32.2. The molecule has 4 nitrogen and oxygen atoms in total. The van der Waals surface area contributed by atoms with Gasteiger partial charge in [0.05, 0.1) is 11.5 Å². The summed E-state index contributed by atoms with van der Waals surface area (Å²) < 4.78 is 22.6. The van der Waals surface area contributed by atoms with Crippen LogP contribution in [0.3, 0.4) is 0 Å². The van der Waals surface area contributed by atoms with Crippen molar-refractivity contribution in [1.82, 2.24) is 4.90 Å². The second kappa shape index (κ2) is 5.06. The Bertz CT molecular complexity index is 471. The van der Waals surface area contributed by atoms with E-state index in [1.54, 1.807) is 0 Å². The first-order valence-electron chi connectivity index (χ1n) is 5.83. The average molecular weight is 254 g/mol. The fraction of sp³-hybridized carbons (Fsp3) is 0.500. The van der Waals surface area contributed by atoms with E-state index < -0.39 is 9.84 Å². The zero-order valence-electron chi connectivity index (χ0n) is 9.80. The quantitative estimate of drug-likeness (QED) is 0.800. The molecule has 5 heteroatoms. The molecule has 1 saturated heterocycles. The number of sulfone groups is 1.